The molecule has 196 valence electrons. The van der Waals surface area contributed by atoms with Crippen LogP contribution in [0.15, 0.2) is 77.7 Å². The van der Waals surface area contributed by atoms with Gasteiger partial charge in [0.25, 0.3) is 10.0 Å². The lowest BCUT2D eigenvalue weighted by atomic mass is 10.1. The SMILES string of the molecule is CC[C@H](C(=O)NC)N(Cc1cccc(C)c1)C(=O)CN(c1ccc(Cl)cc1C)S(=O)(=O)c1ccccc1. The van der Waals surface area contributed by atoms with Crippen molar-refractivity contribution in [3.05, 3.63) is 94.5 Å². The minimum absolute atomic E-state index is 0.0562. The summed E-state index contributed by atoms with van der Waals surface area (Å²) in [6, 6.07) is 19.7. The van der Waals surface area contributed by atoms with Gasteiger partial charge < -0.3 is 10.2 Å². The lowest BCUT2D eigenvalue weighted by Gasteiger charge is -2.33. The topological polar surface area (TPSA) is 86.8 Å². The predicted octanol–water partition coefficient (Wildman–Crippen LogP) is 4.71. The highest BCUT2D eigenvalue weighted by Gasteiger charge is 2.33. The first-order valence-corrected chi connectivity index (χ1v) is 13.8. The first-order chi connectivity index (χ1) is 17.6. The lowest BCUT2D eigenvalue weighted by molar-refractivity contribution is -0.140. The van der Waals surface area contributed by atoms with Gasteiger partial charge in [0.1, 0.15) is 12.6 Å². The Morgan fingerprint density at radius 3 is 2.27 bits per heavy atom. The third-order valence-electron chi connectivity index (χ3n) is 6.11. The normalized spacial score (nSPS) is 12.0. The second-order valence-electron chi connectivity index (χ2n) is 8.80. The molecule has 3 aromatic carbocycles. The number of likely N-dealkylation sites (N-methyl/N-ethyl adjacent to an activating group) is 1. The number of benzene rings is 3. The number of nitrogens with one attached hydrogen (secondary N) is 1. The molecule has 0 unspecified atom stereocenters. The number of aryl methyl sites for hydroxylation is 2. The standard InChI is InChI=1S/C28H32ClN3O4S/c1-5-25(28(34)30-4)31(18-22-11-9-10-20(2)16-22)27(33)19-32(26-15-14-23(29)17-21(26)3)37(35,36)24-12-7-6-8-13-24/h6-17,25H,5,18-19H2,1-4H3,(H,30,34)/t25-/m1/s1. The Labute approximate surface area is 224 Å². The van der Waals surface area contributed by atoms with Crippen LogP contribution in [0.4, 0.5) is 5.69 Å². The number of hydrogen-bond donors (Lipinski definition) is 1. The molecule has 9 heteroatoms. The maximum atomic E-state index is 13.9. The van der Waals surface area contributed by atoms with Crippen LogP contribution in [0.25, 0.3) is 0 Å². The largest absolute Gasteiger partial charge is 0.357 e. The molecule has 0 heterocycles. The van der Waals surface area contributed by atoms with E-state index in [1.165, 1.54) is 24.1 Å². The minimum atomic E-state index is -4.11. The van der Waals surface area contributed by atoms with E-state index in [9.17, 15) is 18.0 Å². The molecule has 0 aliphatic rings. The van der Waals surface area contributed by atoms with Gasteiger partial charge in [-0.05, 0) is 61.7 Å². The quantitative estimate of drug-likeness (QED) is 0.403. The van der Waals surface area contributed by atoms with Crippen LogP contribution in [0.3, 0.4) is 0 Å². The summed E-state index contributed by atoms with van der Waals surface area (Å²) >= 11 is 6.14. The fourth-order valence-corrected chi connectivity index (χ4v) is 5.95. The number of amides is 2. The number of carbonyl (C=O) groups is 2. The first-order valence-electron chi connectivity index (χ1n) is 12.0. The van der Waals surface area contributed by atoms with E-state index in [-0.39, 0.29) is 17.3 Å². The van der Waals surface area contributed by atoms with Gasteiger partial charge in [-0.2, -0.15) is 0 Å². The molecule has 37 heavy (non-hydrogen) atoms. The summed E-state index contributed by atoms with van der Waals surface area (Å²) in [5.41, 5.74) is 2.80. The monoisotopic (exact) mass is 541 g/mol. The highest BCUT2D eigenvalue weighted by molar-refractivity contribution is 7.92. The maximum Gasteiger partial charge on any atom is 0.264 e. The van der Waals surface area contributed by atoms with E-state index < -0.39 is 28.5 Å². The number of nitrogens with zero attached hydrogens (tertiary/aromatic N) is 2. The summed E-state index contributed by atoms with van der Waals surface area (Å²) in [6.45, 7) is 5.18. The smallest absolute Gasteiger partial charge is 0.264 e. The van der Waals surface area contributed by atoms with Gasteiger partial charge >= 0.3 is 0 Å². The van der Waals surface area contributed by atoms with E-state index in [4.69, 9.17) is 11.6 Å². The zero-order valence-corrected chi connectivity index (χ0v) is 23.0. The van der Waals surface area contributed by atoms with Crippen molar-refractivity contribution < 1.29 is 18.0 Å². The van der Waals surface area contributed by atoms with Crippen molar-refractivity contribution in [3.8, 4) is 0 Å². The van der Waals surface area contributed by atoms with Crippen LogP contribution >= 0.6 is 11.6 Å². The van der Waals surface area contributed by atoms with Crippen molar-refractivity contribution >= 4 is 39.1 Å². The molecule has 0 fully saturated rings. The van der Waals surface area contributed by atoms with Gasteiger partial charge in [0.05, 0.1) is 10.6 Å². The van der Waals surface area contributed by atoms with Gasteiger partial charge in [-0.25, -0.2) is 8.42 Å². The van der Waals surface area contributed by atoms with Gasteiger partial charge in [-0.3, -0.25) is 13.9 Å². The van der Waals surface area contributed by atoms with Crippen LogP contribution in [0.1, 0.15) is 30.0 Å². The highest BCUT2D eigenvalue weighted by Crippen LogP contribution is 2.29. The van der Waals surface area contributed by atoms with Crippen LogP contribution in [-0.2, 0) is 26.2 Å². The molecule has 0 bridgehead atoms. The van der Waals surface area contributed by atoms with E-state index in [2.05, 4.69) is 5.32 Å². The molecule has 0 aromatic heterocycles. The zero-order chi connectivity index (χ0) is 27.2. The van der Waals surface area contributed by atoms with Gasteiger partial charge in [0, 0.05) is 18.6 Å². The van der Waals surface area contributed by atoms with Crippen LogP contribution < -0.4 is 9.62 Å². The summed E-state index contributed by atoms with van der Waals surface area (Å²) in [4.78, 5) is 28.2. The van der Waals surface area contributed by atoms with Crippen LogP contribution in [0.5, 0.6) is 0 Å². The summed E-state index contributed by atoms with van der Waals surface area (Å²) in [6.07, 6.45) is 0.364. The number of carbonyl (C=O) groups excluding carboxylic acids is 2. The molecule has 3 rings (SSSR count). The van der Waals surface area contributed by atoms with Crippen molar-refractivity contribution in [2.75, 3.05) is 17.9 Å². The molecule has 0 spiro atoms. The Kier molecular flexibility index (Phi) is 9.34. The van der Waals surface area contributed by atoms with E-state index in [0.29, 0.717) is 22.7 Å². The third kappa shape index (κ3) is 6.70. The zero-order valence-electron chi connectivity index (χ0n) is 21.4. The second-order valence-corrected chi connectivity index (χ2v) is 11.1. The van der Waals surface area contributed by atoms with Crippen LogP contribution in [0.2, 0.25) is 5.02 Å². The fourth-order valence-electron chi connectivity index (χ4n) is 4.23. The van der Waals surface area contributed by atoms with Crippen molar-refractivity contribution in [2.45, 2.75) is 44.7 Å². The first kappa shape index (κ1) is 28.2. The fraction of sp³-hybridized carbons (Fsp3) is 0.286. The summed E-state index contributed by atoms with van der Waals surface area (Å²) < 4.78 is 28.7. The number of anilines is 1. The summed E-state index contributed by atoms with van der Waals surface area (Å²) in [5.74, 6) is -0.811. The molecule has 0 aliphatic heterocycles. The molecule has 7 nitrogen and oxygen atoms in total. The average Bonchev–Trinajstić information content (AvgIpc) is 2.87. The molecule has 0 radical (unpaired) electrons. The molecular formula is C28H32ClN3O4S. The molecule has 0 saturated heterocycles. The van der Waals surface area contributed by atoms with E-state index in [1.54, 1.807) is 43.3 Å². The molecule has 0 saturated carbocycles. The molecule has 1 N–H and O–H groups in total. The average molecular weight is 542 g/mol. The van der Waals surface area contributed by atoms with Crippen molar-refractivity contribution in [2.24, 2.45) is 0 Å². The van der Waals surface area contributed by atoms with Crippen LogP contribution in [0, 0.1) is 13.8 Å². The van der Waals surface area contributed by atoms with Gasteiger partial charge in [0.2, 0.25) is 11.8 Å². The van der Waals surface area contributed by atoms with E-state index >= 15 is 0 Å². The van der Waals surface area contributed by atoms with E-state index in [0.717, 1.165) is 15.4 Å². The molecule has 2 amide bonds. The number of rotatable bonds is 10. The second kappa shape index (κ2) is 12.3. The van der Waals surface area contributed by atoms with Gasteiger partial charge in [-0.15, -0.1) is 0 Å². The molecule has 1 atom stereocenters. The van der Waals surface area contributed by atoms with E-state index in [1.807, 2.05) is 38.1 Å². The lowest BCUT2D eigenvalue weighted by Crippen LogP contribution is -2.51. The summed E-state index contributed by atoms with van der Waals surface area (Å²) in [7, 11) is -2.60. The molecule has 0 aliphatic carbocycles. The number of halogens is 1. The highest BCUT2D eigenvalue weighted by atomic mass is 35.5. The number of hydrogen-bond acceptors (Lipinski definition) is 4. The van der Waals surface area contributed by atoms with Crippen molar-refractivity contribution in [3.63, 3.8) is 0 Å². The van der Waals surface area contributed by atoms with Gasteiger partial charge in [-0.1, -0.05) is 66.6 Å². The Bertz CT molecular complexity index is 1360. The Morgan fingerprint density at radius 1 is 0.973 bits per heavy atom. The summed E-state index contributed by atoms with van der Waals surface area (Å²) in [5, 5.41) is 3.08. The van der Waals surface area contributed by atoms with Crippen LogP contribution in [-0.4, -0.2) is 44.8 Å². The maximum absolute atomic E-state index is 13.9. The number of sulfonamides is 1. The Balaban J connectivity index is 2.09. The molecule has 3 aromatic rings. The Hall–Kier alpha value is -3.36. The van der Waals surface area contributed by atoms with Crippen molar-refractivity contribution in [1.29, 1.82) is 0 Å². The predicted molar refractivity (Wildman–Crippen MR) is 147 cm³/mol. The van der Waals surface area contributed by atoms with Crippen molar-refractivity contribution in [1.82, 2.24) is 10.2 Å². The van der Waals surface area contributed by atoms with Gasteiger partial charge in [0.15, 0.2) is 0 Å². The minimum Gasteiger partial charge on any atom is -0.357 e. The Morgan fingerprint density at radius 2 is 1.68 bits per heavy atom. The third-order valence-corrected chi connectivity index (χ3v) is 8.11. The molecular weight excluding hydrogens is 510 g/mol.